The first-order valence-electron chi connectivity index (χ1n) is 5.13. The SMILES string of the molecule is COCCOCCOCCCCC(=O)O. The molecule has 0 rings (SSSR count). The third kappa shape index (κ3) is 13.3. The van der Waals surface area contributed by atoms with Gasteiger partial charge >= 0.3 is 5.97 Å². The lowest BCUT2D eigenvalue weighted by atomic mass is 10.2. The fraction of sp³-hybridized carbons (Fsp3) is 0.900. The van der Waals surface area contributed by atoms with Crippen molar-refractivity contribution < 1.29 is 24.1 Å². The van der Waals surface area contributed by atoms with Crippen LogP contribution >= 0.6 is 0 Å². The first kappa shape index (κ1) is 14.3. The highest BCUT2D eigenvalue weighted by Crippen LogP contribution is 1.95. The van der Waals surface area contributed by atoms with Gasteiger partial charge in [0.15, 0.2) is 0 Å². The van der Waals surface area contributed by atoms with Crippen LogP contribution in [0.2, 0.25) is 0 Å². The topological polar surface area (TPSA) is 65.0 Å². The molecule has 0 aromatic rings. The van der Waals surface area contributed by atoms with Gasteiger partial charge in [-0.2, -0.15) is 0 Å². The fourth-order valence-electron chi connectivity index (χ4n) is 0.945. The van der Waals surface area contributed by atoms with Gasteiger partial charge in [0.1, 0.15) is 0 Å². The molecule has 0 aliphatic rings. The van der Waals surface area contributed by atoms with E-state index in [9.17, 15) is 4.79 Å². The average molecular weight is 220 g/mol. The van der Waals surface area contributed by atoms with Crippen LogP contribution in [-0.2, 0) is 19.0 Å². The quantitative estimate of drug-likeness (QED) is 0.524. The molecule has 0 aromatic heterocycles. The van der Waals surface area contributed by atoms with Gasteiger partial charge in [-0.15, -0.1) is 0 Å². The van der Waals surface area contributed by atoms with Gasteiger partial charge in [0.05, 0.1) is 26.4 Å². The maximum atomic E-state index is 10.2. The third-order valence-electron chi connectivity index (χ3n) is 1.73. The normalized spacial score (nSPS) is 10.5. The van der Waals surface area contributed by atoms with Gasteiger partial charge in [-0.05, 0) is 12.8 Å². The van der Waals surface area contributed by atoms with E-state index >= 15 is 0 Å². The summed E-state index contributed by atoms with van der Waals surface area (Å²) in [4.78, 5) is 10.2. The number of hydrogen-bond acceptors (Lipinski definition) is 4. The zero-order valence-corrected chi connectivity index (χ0v) is 9.24. The molecule has 0 saturated carbocycles. The zero-order chi connectivity index (χ0) is 11.4. The first-order valence-corrected chi connectivity index (χ1v) is 5.13. The summed E-state index contributed by atoms with van der Waals surface area (Å²) in [5, 5.41) is 8.36. The molecule has 5 heteroatoms. The van der Waals surface area contributed by atoms with E-state index in [1.165, 1.54) is 0 Å². The standard InChI is InChI=1S/C10H20O5/c1-13-6-7-15-9-8-14-5-3-2-4-10(11)12/h2-9H2,1H3,(H,11,12). The van der Waals surface area contributed by atoms with Crippen LogP contribution in [0.1, 0.15) is 19.3 Å². The van der Waals surface area contributed by atoms with Gasteiger partial charge in [0.2, 0.25) is 0 Å². The molecule has 0 fully saturated rings. The summed E-state index contributed by atoms with van der Waals surface area (Å²) in [7, 11) is 1.63. The fourth-order valence-corrected chi connectivity index (χ4v) is 0.945. The monoisotopic (exact) mass is 220 g/mol. The number of unbranched alkanes of at least 4 members (excludes halogenated alkanes) is 1. The molecule has 0 heterocycles. The third-order valence-corrected chi connectivity index (χ3v) is 1.73. The molecule has 0 saturated heterocycles. The Morgan fingerprint density at radius 3 is 2.20 bits per heavy atom. The number of ether oxygens (including phenoxy) is 3. The molecule has 0 amide bonds. The van der Waals surface area contributed by atoms with E-state index in [2.05, 4.69) is 0 Å². The minimum atomic E-state index is -0.752. The Bertz CT molecular complexity index is 149. The van der Waals surface area contributed by atoms with E-state index in [1.54, 1.807) is 7.11 Å². The van der Waals surface area contributed by atoms with Crippen molar-refractivity contribution >= 4 is 5.97 Å². The Morgan fingerprint density at radius 2 is 1.60 bits per heavy atom. The molecule has 0 aliphatic heterocycles. The highest BCUT2D eigenvalue weighted by Gasteiger charge is 1.96. The van der Waals surface area contributed by atoms with Crippen molar-refractivity contribution in [2.75, 3.05) is 40.1 Å². The van der Waals surface area contributed by atoms with Gasteiger partial charge in [0.25, 0.3) is 0 Å². The van der Waals surface area contributed by atoms with Gasteiger partial charge in [0, 0.05) is 20.1 Å². The summed E-state index contributed by atoms with van der Waals surface area (Å²) in [5.41, 5.74) is 0. The lowest BCUT2D eigenvalue weighted by Gasteiger charge is -2.04. The van der Waals surface area contributed by atoms with E-state index in [-0.39, 0.29) is 6.42 Å². The summed E-state index contributed by atoms with van der Waals surface area (Å²) in [6.45, 7) is 2.89. The van der Waals surface area contributed by atoms with Crippen LogP contribution < -0.4 is 0 Å². The zero-order valence-electron chi connectivity index (χ0n) is 9.24. The van der Waals surface area contributed by atoms with E-state index in [1.807, 2.05) is 0 Å². The molecule has 5 nitrogen and oxygen atoms in total. The highest BCUT2D eigenvalue weighted by atomic mass is 16.5. The molecule has 0 bridgehead atoms. The van der Waals surface area contributed by atoms with E-state index in [0.29, 0.717) is 39.5 Å². The van der Waals surface area contributed by atoms with E-state index in [4.69, 9.17) is 19.3 Å². The van der Waals surface area contributed by atoms with Crippen LogP contribution in [0.25, 0.3) is 0 Å². The Labute approximate surface area is 90.3 Å². The Kier molecular flexibility index (Phi) is 10.9. The molecule has 0 spiro atoms. The van der Waals surface area contributed by atoms with Crippen molar-refractivity contribution in [3.8, 4) is 0 Å². The molecule has 15 heavy (non-hydrogen) atoms. The maximum absolute atomic E-state index is 10.2. The van der Waals surface area contributed by atoms with Crippen LogP contribution in [0.4, 0.5) is 0 Å². The summed E-state index contributed by atoms with van der Waals surface area (Å²) in [5.74, 6) is -0.752. The van der Waals surface area contributed by atoms with Crippen LogP contribution in [-0.4, -0.2) is 51.2 Å². The molecule has 90 valence electrons. The number of carboxylic acids is 1. The Morgan fingerprint density at radius 1 is 1.00 bits per heavy atom. The highest BCUT2D eigenvalue weighted by molar-refractivity contribution is 5.66. The molecule has 0 aromatic carbocycles. The van der Waals surface area contributed by atoms with Crippen molar-refractivity contribution in [3.63, 3.8) is 0 Å². The minimum Gasteiger partial charge on any atom is -0.481 e. The summed E-state index contributed by atoms with van der Waals surface area (Å²) in [6.07, 6.45) is 1.66. The van der Waals surface area contributed by atoms with Gasteiger partial charge in [-0.1, -0.05) is 0 Å². The van der Waals surface area contributed by atoms with Crippen LogP contribution in [0.5, 0.6) is 0 Å². The second-order valence-electron chi connectivity index (χ2n) is 3.07. The van der Waals surface area contributed by atoms with Crippen molar-refractivity contribution in [3.05, 3.63) is 0 Å². The Hall–Kier alpha value is -0.650. The molecule has 0 radical (unpaired) electrons. The predicted molar refractivity (Wildman–Crippen MR) is 55.0 cm³/mol. The van der Waals surface area contributed by atoms with Crippen molar-refractivity contribution in [1.82, 2.24) is 0 Å². The van der Waals surface area contributed by atoms with E-state index < -0.39 is 5.97 Å². The van der Waals surface area contributed by atoms with Crippen LogP contribution in [0.3, 0.4) is 0 Å². The molecule has 0 unspecified atom stereocenters. The van der Waals surface area contributed by atoms with Crippen molar-refractivity contribution in [2.24, 2.45) is 0 Å². The van der Waals surface area contributed by atoms with Gasteiger partial charge in [-0.3, -0.25) is 4.79 Å². The average Bonchev–Trinajstić information content (AvgIpc) is 2.20. The van der Waals surface area contributed by atoms with Crippen LogP contribution in [0, 0.1) is 0 Å². The van der Waals surface area contributed by atoms with Crippen molar-refractivity contribution in [2.45, 2.75) is 19.3 Å². The van der Waals surface area contributed by atoms with Crippen LogP contribution in [0.15, 0.2) is 0 Å². The van der Waals surface area contributed by atoms with Gasteiger partial charge < -0.3 is 19.3 Å². The number of hydrogen-bond donors (Lipinski definition) is 1. The van der Waals surface area contributed by atoms with Crippen molar-refractivity contribution in [1.29, 1.82) is 0 Å². The summed E-state index contributed by atoms with van der Waals surface area (Å²) >= 11 is 0. The smallest absolute Gasteiger partial charge is 0.303 e. The number of methoxy groups -OCH3 is 1. The number of aliphatic carboxylic acids is 1. The lowest BCUT2D eigenvalue weighted by Crippen LogP contribution is -2.09. The second kappa shape index (κ2) is 11.4. The molecular formula is C10H20O5. The Balaban J connectivity index is 2.89. The summed E-state index contributed by atoms with van der Waals surface area (Å²) in [6, 6.07) is 0. The van der Waals surface area contributed by atoms with E-state index in [0.717, 1.165) is 6.42 Å². The lowest BCUT2D eigenvalue weighted by molar-refractivity contribution is -0.137. The second-order valence-corrected chi connectivity index (χ2v) is 3.07. The predicted octanol–water partition coefficient (Wildman–Crippen LogP) is 0.921. The largest absolute Gasteiger partial charge is 0.481 e. The number of carboxylic acid groups (broad SMARTS) is 1. The number of carbonyl (C=O) groups is 1. The molecule has 0 aliphatic carbocycles. The summed E-state index contributed by atoms with van der Waals surface area (Å²) < 4.78 is 15.2. The molecule has 1 N–H and O–H groups in total. The molecular weight excluding hydrogens is 200 g/mol. The van der Waals surface area contributed by atoms with Gasteiger partial charge in [-0.25, -0.2) is 0 Å². The maximum Gasteiger partial charge on any atom is 0.303 e. The minimum absolute atomic E-state index is 0.216. The number of rotatable bonds is 11. The first-order chi connectivity index (χ1) is 7.27. The molecule has 0 atom stereocenters.